The van der Waals surface area contributed by atoms with Crippen LogP contribution in [0.1, 0.15) is 31.2 Å². The lowest BCUT2D eigenvalue weighted by atomic mass is 10.0. The quantitative estimate of drug-likeness (QED) is 0.857. The maximum atomic E-state index is 10.1. The summed E-state index contributed by atoms with van der Waals surface area (Å²) in [6.45, 7) is 1.49. The minimum Gasteiger partial charge on any atom is -0.392 e. The number of imidazole rings is 1. The molecular weight excluding hydrogens is 262 g/mol. The number of aliphatic hydroxyl groups excluding tert-OH is 1. The molecule has 1 atom stereocenters. The van der Waals surface area contributed by atoms with Gasteiger partial charge in [0.1, 0.15) is 0 Å². The lowest BCUT2D eigenvalue weighted by molar-refractivity contribution is 0.109. The lowest BCUT2D eigenvalue weighted by Gasteiger charge is -2.18. The number of hydrogen-bond acceptors (Lipinski definition) is 3. The number of hydrogen-bond donors (Lipinski definition) is 2. The third-order valence-electron chi connectivity index (χ3n) is 4.37. The average Bonchev–Trinajstić information content (AvgIpc) is 3.21. The van der Waals surface area contributed by atoms with Crippen LogP contribution < -0.4 is 5.32 Å². The molecule has 2 N–H and O–H groups in total. The van der Waals surface area contributed by atoms with Crippen LogP contribution in [0.25, 0.3) is 5.69 Å². The standard InChI is InChI=1S/C17H23N3O/c21-17(15-3-1-2-4-15)12-19-11-14-5-7-16(8-6-14)20-10-9-18-13-20/h5-10,13,15,17,19,21H,1-4,11-12H2. The van der Waals surface area contributed by atoms with Crippen molar-refractivity contribution in [1.29, 1.82) is 0 Å². The molecule has 0 spiro atoms. The molecular formula is C17H23N3O. The molecule has 1 aliphatic carbocycles. The molecule has 1 aliphatic rings. The van der Waals surface area contributed by atoms with Gasteiger partial charge in [0.25, 0.3) is 0 Å². The monoisotopic (exact) mass is 285 g/mol. The summed E-state index contributed by atoms with van der Waals surface area (Å²) in [4.78, 5) is 4.05. The second-order valence-corrected chi connectivity index (χ2v) is 5.88. The van der Waals surface area contributed by atoms with E-state index in [0.29, 0.717) is 12.5 Å². The lowest BCUT2D eigenvalue weighted by Crippen LogP contribution is -2.31. The summed E-state index contributed by atoms with van der Waals surface area (Å²) in [6, 6.07) is 8.41. The number of aromatic nitrogens is 2. The Morgan fingerprint density at radius 2 is 2.00 bits per heavy atom. The van der Waals surface area contributed by atoms with Gasteiger partial charge in [-0.2, -0.15) is 0 Å². The number of nitrogens with zero attached hydrogens (tertiary/aromatic N) is 2. The molecule has 1 saturated carbocycles. The Morgan fingerprint density at radius 3 is 2.67 bits per heavy atom. The topological polar surface area (TPSA) is 50.1 Å². The smallest absolute Gasteiger partial charge is 0.0991 e. The van der Waals surface area contributed by atoms with Gasteiger partial charge in [-0.25, -0.2) is 4.98 Å². The highest BCUT2D eigenvalue weighted by atomic mass is 16.3. The highest BCUT2D eigenvalue weighted by molar-refractivity contribution is 5.34. The molecule has 0 aliphatic heterocycles. The molecule has 0 bridgehead atoms. The van der Waals surface area contributed by atoms with E-state index in [1.807, 2.05) is 10.8 Å². The molecule has 3 rings (SSSR count). The Morgan fingerprint density at radius 1 is 1.24 bits per heavy atom. The van der Waals surface area contributed by atoms with E-state index < -0.39 is 0 Å². The number of nitrogens with one attached hydrogen (secondary N) is 1. The highest BCUT2D eigenvalue weighted by Gasteiger charge is 2.22. The maximum Gasteiger partial charge on any atom is 0.0991 e. The first-order valence-electron chi connectivity index (χ1n) is 7.79. The average molecular weight is 285 g/mol. The Labute approximate surface area is 125 Å². The van der Waals surface area contributed by atoms with Crippen molar-refractivity contribution < 1.29 is 5.11 Å². The minimum atomic E-state index is -0.197. The van der Waals surface area contributed by atoms with Crippen molar-refractivity contribution in [3.05, 3.63) is 48.5 Å². The summed E-state index contributed by atoms with van der Waals surface area (Å²) in [5.74, 6) is 0.501. The van der Waals surface area contributed by atoms with Crippen LogP contribution in [0.3, 0.4) is 0 Å². The van der Waals surface area contributed by atoms with Crippen molar-refractivity contribution in [2.75, 3.05) is 6.54 Å². The third-order valence-corrected chi connectivity index (χ3v) is 4.37. The summed E-state index contributed by atoms with van der Waals surface area (Å²) >= 11 is 0. The molecule has 21 heavy (non-hydrogen) atoms. The van der Waals surface area contributed by atoms with E-state index in [1.54, 1.807) is 12.5 Å². The first-order chi connectivity index (χ1) is 10.3. The fourth-order valence-electron chi connectivity index (χ4n) is 3.07. The molecule has 0 radical (unpaired) electrons. The first kappa shape index (κ1) is 14.3. The Hall–Kier alpha value is -1.65. The third kappa shape index (κ3) is 3.71. The molecule has 1 unspecified atom stereocenters. The predicted octanol–water partition coefficient (Wildman–Crippen LogP) is 2.51. The van der Waals surface area contributed by atoms with Crippen LogP contribution in [0, 0.1) is 5.92 Å². The van der Waals surface area contributed by atoms with Crippen LogP contribution in [0.2, 0.25) is 0 Å². The maximum absolute atomic E-state index is 10.1. The number of rotatable bonds is 6. The molecule has 1 fully saturated rings. The molecule has 0 saturated heterocycles. The van der Waals surface area contributed by atoms with Crippen LogP contribution in [-0.2, 0) is 6.54 Å². The van der Waals surface area contributed by atoms with Crippen LogP contribution >= 0.6 is 0 Å². The molecule has 4 nitrogen and oxygen atoms in total. The molecule has 0 amide bonds. The highest BCUT2D eigenvalue weighted by Crippen LogP contribution is 2.27. The van der Waals surface area contributed by atoms with Gasteiger partial charge in [-0.15, -0.1) is 0 Å². The number of aliphatic hydroxyl groups is 1. The molecule has 112 valence electrons. The fourth-order valence-corrected chi connectivity index (χ4v) is 3.07. The Kier molecular flexibility index (Phi) is 4.68. The van der Waals surface area contributed by atoms with Crippen LogP contribution in [0.15, 0.2) is 43.0 Å². The summed E-state index contributed by atoms with van der Waals surface area (Å²) < 4.78 is 1.99. The second-order valence-electron chi connectivity index (χ2n) is 5.88. The largest absolute Gasteiger partial charge is 0.392 e. The van der Waals surface area contributed by atoms with Gasteiger partial charge in [-0.1, -0.05) is 25.0 Å². The van der Waals surface area contributed by atoms with Crippen molar-refractivity contribution in [2.45, 2.75) is 38.3 Å². The van der Waals surface area contributed by atoms with Crippen molar-refractivity contribution >= 4 is 0 Å². The van der Waals surface area contributed by atoms with E-state index in [2.05, 4.69) is 34.6 Å². The van der Waals surface area contributed by atoms with Crippen molar-refractivity contribution in [2.24, 2.45) is 5.92 Å². The van der Waals surface area contributed by atoms with Crippen molar-refractivity contribution in [1.82, 2.24) is 14.9 Å². The van der Waals surface area contributed by atoms with Gasteiger partial charge in [0.2, 0.25) is 0 Å². The summed E-state index contributed by atoms with van der Waals surface area (Å²) in [6.07, 6.45) is 10.2. The summed E-state index contributed by atoms with van der Waals surface area (Å²) in [7, 11) is 0. The van der Waals surface area contributed by atoms with E-state index >= 15 is 0 Å². The van der Waals surface area contributed by atoms with Gasteiger partial charge >= 0.3 is 0 Å². The van der Waals surface area contributed by atoms with Gasteiger partial charge in [-0.3, -0.25) is 0 Å². The zero-order valence-electron chi connectivity index (χ0n) is 12.3. The summed E-state index contributed by atoms with van der Waals surface area (Å²) in [5, 5.41) is 13.5. The Bertz CT molecular complexity index is 530. The van der Waals surface area contributed by atoms with E-state index in [1.165, 1.54) is 31.2 Å². The van der Waals surface area contributed by atoms with Crippen LogP contribution in [-0.4, -0.2) is 27.3 Å². The predicted molar refractivity (Wildman–Crippen MR) is 83.2 cm³/mol. The molecule has 1 aromatic carbocycles. The molecule has 1 aromatic heterocycles. The normalized spacial score (nSPS) is 17.2. The zero-order chi connectivity index (χ0) is 14.5. The first-order valence-corrected chi connectivity index (χ1v) is 7.79. The number of benzene rings is 1. The van der Waals surface area contributed by atoms with Gasteiger partial charge in [0.05, 0.1) is 12.4 Å². The van der Waals surface area contributed by atoms with Gasteiger partial charge in [0, 0.05) is 31.2 Å². The molecule has 4 heteroatoms. The fraction of sp³-hybridized carbons (Fsp3) is 0.471. The molecule has 1 heterocycles. The van der Waals surface area contributed by atoms with Crippen LogP contribution in [0.4, 0.5) is 0 Å². The Balaban J connectivity index is 1.47. The van der Waals surface area contributed by atoms with E-state index in [9.17, 15) is 5.11 Å². The SMILES string of the molecule is OC(CNCc1ccc(-n2ccnc2)cc1)C1CCCC1. The van der Waals surface area contributed by atoms with Crippen LogP contribution in [0.5, 0.6) is 0 Å². The zero-order valence-corrected chi connectivity index (χ0v) is 12.3. The summed E-state index contributed by atoms with van der Waals surface area (Å²) in [5.41, 5.74) is 2.35. The van der Waals surface area contributed by atoms with Gasteiger partial charge in [0.15, 0.2) is 0 Å². The van der Waals surface area contributed by atoms with E-state index in [4.69, 9.17) is 0 Å². The van der Waals surface area contributed by atoms with Crippen molar-refractivity contribution in [3.8, 4) is 5.69 Å². The van der Waals surface area contributed by atoms with E-state index in [0.717, 1.165) is 12.2 Å². The molecule has 2 aromatic rings. The van der Waals surface area contributed by atoms with E-state index in [-0.39, 0.29) is 6.10 Å². The van der Waals surface area contributed by atoms with Gasteiger partial charge < -0.3 is 15.0 Å². The minimum absolute atomic E-state index is 0.197. The second kappa shape index (κ2) is 6.87. The van der Waals surface area contributed by atoms with Gasteiger partial charge in [-0.05, 0) is 36.5 Å². The van der Waals surface area contributed by atoms with Crippen molar-refractivity contribution in [3.63, 3.8) is 0 Å².